The average Bonchev–Trinajstić information content (AvgIpc) is 2.42. The Bertz CT molecular complexity index is 694. The Morgan fingerprint density at radius 1 is 1.19 bits per heavy atom. The minimum atomic E-state index is -0.267. The zero-order valence-corrected chi connectivity index (χ0v) is 15.8. The first-order valence-electron chi connectivity index (χ1n) is 5.78. The molecule has 2 aromatic carbocycles. The normalized spacial score (nSPS) is 10.0. The molecule has 1 amide bonds. The third-order valence-corrected chi connectivity index (χ3v) is 4.24. The molecule has 0 spiro atoms. The van der Waals surface area contributed by atoms with Gasteiger partial charge in [-0.25, -0.2) is 0 Å². The Kier molecular flexibility index (Phi) is 5.98. The smallest absolute Gasteiger partial charge is 0.257 e. The zero-order chi connectivity index (χ0) is 15.4. The summed E-state index contributed by atoms with van der Waals surface area (Å²) >= 11 is 16.7. The Morgan fingerprint density at radius 2 is 1.86 bits per heavy atom. The van der Waals surface area contributed by atoms with Gasteiger partial charge in [-0.15, -0.1) is 0 Å². The monoisotopic (exact) mass is 494 g/mol. The highest BCUT2D eigenvalue weighted by Crippen LogP contribution is 2.25. The largest absolute Gasteiger partial charge is 0.331 e. The van der Waals surface area contributed by atoms with E-state index < -0.39 is 0 Å². The first-order chi connectivity index (χ1) is 9.95. The lowest BCUT2D eigenvalue weighted by Gasteiger charge is -2.11. The van der Waals surface area contributed by atoms with Crippen LogP contribution in [0.2, 0.25) is 5.02 Å². The average molecular weight is 496 g/mol. The van der Waals surface area contributed by atoms with Gasteiger partial charge >= 0.3 is 0 Å². The predicted molar refractivity (Wildman–Crippen MR) is 102 cm³/mol. The minimum Gasteiger partial charge on any atom is -0.331 e. The van der Waals surface area contributed by atoms with Crippen molar-refractivity contribution in [3.05, 3.63) is 61.1 Å². The molecule has 0 unspecified atom stereocenters. The van der Waals surface area contributed by atoms with Crippen LogP contribution in [-0.2, 0) is 0 Å². The van der Waals surface area contributed by atoms with Gasteiger partial charge < -0.3 is 5.32 Å². The molecule has 0 aliphatic carbocycles. The molecule has 0 aliphatic rings. The summed E-state index contributed by atoms with van der Waals surface area (Å²) in [6.45, 7) is 0. The lowest BCUT2D eigenvalue weighted by atomic mass is 10.2. The predicted octanol–water partition coefficient (Wildman–Crippen LogP) is 4.83. The maximum Gasteiger partial charge on any atom is 0.257 e. The van der Waals surface area contributed by atoms with Gasteiger partial charge in [0.1, 0.15) is 0 Å². The highest BCUT2D eigenvalue weighted by atomic mass is 127. The first kappa shape index (κ1) is 16.7. The molecular formula is C14H9BrClIN2OS. The minimum absolute atomic E-state index is 0.197. The van der Waals surface area contributed by atoms with E-state index >= 15 is 0 Å². The number of halogens is 3. The van der Waals surface area contributed by atoms with E-state index in [-0.39, 0.29) is 11.0 Å². The molecule has 0 radical (unpaired) electrons. The number of amides is 1. The Morgan fingerprint density at radius 3 is 2.48 bits per heavy atom. The zero-order valence-electron chi connectivity index (χ0n) is 10.5. The van der Waals surface area contributed by atoms with Crippen molar-refractivity contribution in [1.82, 2.24) is 5.32 Å². The molecule has 0 aromatic heterocycles. The van der Waals surface area contributed by atoms with Crippen LogP contribution in [-0.4, -0.2) is 11.0 Å². The van der Waals surface area contributed by atoms with Crippen LogP contribution < -0.4 is 10.6 Å². The van der Waals surface area contributed by atoms with Gasteiger partial charge in [0.15, 0.2) is 5.11 Å². The highest BCUT2D eigenvalue weighted by Gasteiger charge is 2.09. The van der Waals surface area contributed by atoms with Crippen molar-refractivity contribution in [2.45, 2.75) is 0 Å². The number of hydrogen-bond donors (Lipinski definition) is 2. The van der Waals surface area contributed by atoms with E-state index in [0.29, 0.717) is 16.3 Å². The Balaban J connectivity index is 2.01. The number of hydrogen-bond acceptors (Lipinski definition) is 2. The van der Waals surface area contributed by atoms with Gasteiger partial charge in [-0.05, 0) is 77.3 Å². The molecule has 108 valence electrons. The second-order valence-electron chi connectivity index (χ2n) is 4.04. The lowest BCUT2D eigenvalue weighted by molar-refractivity contribution is 0.0977. The van der Waals surface area contributed by atoms with E-state index in [1.165, 1.54) is 0 Å². The fourth-order valence-electron chi connectivity index (χ4n) is 1.52. The van der Waals surface area contributed by atoms with Crippen molar-refractivity contribution < 1.29 is 4.79 Å². The quantitative estimate of drug-likeness (QED) is 0.463. The number of carbonyl (C=O) groups excluding carboxylic acids is 1. The molecule has 21 heavy (non-hydrogen) atoms. The summed E-state index contributed by atoms with van der Waals surface area (Å²) in [5.41, 5.74) is 1.18. The molecular weight excluding hydrogens is 486 g/mol. The Labute approximate surface area is 154 Å². The standard InChI is InChI=1S/C14H9BrClIN2OS/c15-9-3-6-12(11(16)7-9)18-14(21)19-13(20)8-1-4-10(17)5-2-8/h1-7H,(H2,18,19,20,21). The van der Waals surface area contributed by atoms with Crippen molar-refractivity contribution in [3.63, 3.8) is 0 Å². The second-order valence-corrected chi connectivity index (χ2v) is 7.02. The van der Waals surface area contributed by atoms with Gasteiger partial charge in [0.2, 0.25) is 0 Å². The molecule has 2 N–H and O–H groups in total. The molecule has 0 atom stereocenters. The number of carbonyl (C=O) groups is 1. The van der Waals surface area contributed by atoms with Crippen LogP contribution in [0.5, 0.6) is 0 Å². The van der Waals surface area contributed by atoms with E-state index in [1.807, 2.05) is 18.2 Å². The van der Waals surface area contributed by atoms with Crippen molar-refractivity contribution in [2.24, 2.45) is 0 Å². The summed E-state index contributed by atoms with van der Waals surface area (Å²) in [4.78, 5) is 12.0. The topological polar surface area (TPSA) is 41.1 Å². The fraction of sp³-hybridized carbons (Fsp3) is 0. The summed E-state index contributed by atoms with van der Waals surface area (Å²) in [5, 5.41) is 6.22. The molecule has 0 bridgehead atoms. The number of benzene rings is 2. The van der Waals surface area contributed by atoms with E-state index in [9.17, 15) is 4.79 Å². The van der Waals surface area contributed by atoms with Crippen molar-refractivity contribution in [3.8, 4) is 0 Å². The summed E-state index contributed by atoms with van der Waals surface area (Å²) in [6, 6.07) is 12.6. The summed E-state index contributed by atoms with van der Waals surface area (Å²) in [6.07, 6.45) is 0. The van der Waals surface area contributed by atoms with Crippen LogP contribution in [0.25, 0.3) is 0 Å². The van der Waals surface area contributed by atoms with Crippen LogP contribution in [0.15, 0.2) is 46.9 Å². The SMILES string of the molecule is O=C(NC(=S)Nc1ccc(Br)cc1Cl)c1ccc(I)cc1. The summed E-state index contributed by atoms with van der Waals surface area (Å²) in [7, 11) is 0. The second kappa shape index (κ2) is 7.53. The molecule has 0 aliphatic heterocycles. The van der Waals surface area contributed by atoms with E-state index in [4.69, 9.17) is 23.8 Å². The summed E-state index contributed by atoms with van der Waals surface area (Å²) < 4.78 is 1.93. The number of rotatable bonds is 2. The molecule has 0 saturated carbocycles. The van der Waals surface area contributed by atoms with Crippen LogP contribution >= 0.6 is 62.3 Å². The number of nitrogens with one attached hydrogen (secondary N) is 2. The van der Waals surface area contributed by atoms with Crippen molar-refractivity contribution in [2.75, 3.05) is 5.32 Å². The van der Waals surface area contributed by atoms with Crippen LogP contribution in [0.4, 0.5) is 5.69 Å². The van der Waals surface area contributed by atoms with Gasteiger partial charge in [-0.1, -0.05) is 27.5 Å². The molecule has 3 nitrogen and oxygen atoms in total. The van der Waals surface area contributed by atoms with Crippen LogP contribution in [0.1, 0.15) is 10.4 Å². The van der Waals surface area contributed by atoms with Gasteiger partial charge in [-0.2, -0.15) is 0 Å². The van der Waals surface area contributed by atoms with E-state index in [0.717, 1.165) is 8.04 Å². The molecule has 0 heterocycles. The summed E-state index contributed by atoms with van der Waals surface area (Å²) in [5.74, 6) is -0.267. The fourth-order valence-corrected chi connectivity index (χ4v) is 2.80. The molecule has 7 heteroatoms. The maximum absolute atomic E-state index is 12.0. The molecule has 2 aromatic rings. The van der Waals surface area contributed by atoms with Gasteiger partial charge in [0, 0.05) is 13.6 Å². The number of thiocarbonyl (C=S) groups is 1. The molecule has 0 saturated heterocycles. The molecule has 0 fully saturated rings. The van der Waals surface area contributed by atoms with Gasteiger partial charge in [0.05, 0.1) is 10.7 Å². The van der Waals surface area contributed by atoms with Crippen molar-refractivity contribution in [1.29, 1.82) is 0 Å². The lowest BCUT2D eigenvalue weighted by Crippen LogP contribution is -2.34. The Hall–Kier alpha value is -0.700. The third kappa shape index (κ3) is 4.91. The van der Waals surface area contributed by atoms with Crippen molar-refractivity contribution >= 4 is 79.0 Å². The van der Waals surface area contributed by atoms with E-state index in [2.05, 4.69) is 49.2 Å². The van der Waals surface area contributed by atoms with E-state index in [1.54, 1.807) is 24.3 Å². The number of anilines is 1. The van der Waals surface area contributed by atoms with Crippen LogP contribution in [0, 0.1) is 3.57 Å². The van der Waals surface area contributed by atoms with Gasteiger partial charge in [-0.3, -0.25) is 10.1 Å². The molecule has 2 rings (SSSR count). The third-order valence-electron chi connectivity index (χ3n) is 2.51. The highest BCUT2D eigenvalue weighted by molar-refractivity contribution is 14.1. The van der Waals surface area contributed by atoms with Gasteiger partial charge in [0.25, 0.3) is 5.91 Å². The maximum atomic E-state index is 12.0. The van der Waals surface area contributed by atoms with Crippen LogP contribution in [0.3, 0.4) is 0 Å². The first-order valence-corrected chi connectivity index (χ1v) is 8.44.